The van der Waals surface area contributed by atoms with E-state index >= 15 is 0 Å². The van der Waals surface area contributed by atoms with Gasteiger partial charge in [0.2, 0.25) is 0 Å². The average Bonchev–Trinajstić information content (AvgIpc) is 2.90. The van der Waals surface area contributed by atoms with Gasteiger partial charge in [-0.15, -0.1) is 0 Å². The molecule has 0 atom stereocenters. The van der Waals surface area contributed by atoms with Crippen LogP contribution in [-0.2, 0) is 0 Å². The minimum absolute atomic E-state index is 0.151. The van der Waals surface area contributed by atoms with Crippen molar-refractivity contribution in [2.75, 3.05) is 25.9 Å². The summed E-state index contributed by atoms with van der Waals surface area (Å²) < 4.78 is 6.25. The monoisotopic (exact) mass is 331 g/mol. The van der Waals surface area contributed by atoms with Gasteiger partial charge < -0.3 is 20.4 Å². The quantitative estimate of drug-likeness (QED) is 0.754. The van der Waals surface area contributed by atoms with Crippen LogP contribution in [0.15, 0.2) is 18.5 Å². The van der Waals surface area contributed by atoms with Crippen molar-refractivity contribution in [3.63, 3.8) is 0 Å². The molecule has 0 radical (unpaired) electrons. The fourth-order valence-corrected chi connectivity index (χ4v) is 3.27. The maximum Gasteiger partial charge on any atom is 0.171 e. The van der Waals surface area contributed by atoms with Crippen molar-refractivity contribution in [2.24, 2.45) is 0 Å². The van der Waals surface area contributed by atoms with E-state index in [2.05, 4.69) is 26.9 Å². The molecule has 3 N–H and O–H groups in total. The van der Waals surface area contributed by atoms with Gasteiger partial charge in [-0.3, -0.25) is 0 Å². The number of halogens is 1. The Kier molecular flexibility index (Phi) is 3.50. The molecule has 1 saturated heterocycles. The summed E-state index contributed by atoms with van der Waals surface area (Å²) in [6.07, 6.45) is 5.44. The molecule has 7 heteroatoms. The molecular weight excluding hydrogens is 314 g/mol. The number of hydrogen-bond donors (Lipinski definition) is 2. The maximum absolute atomic E-state index is 6.25. The van der Waals surface area contributed by atoms with E-state index in [0.717, 1.165) is 47.9 Å². The fourth-order valence-electron chi connectivity index (χ4n) is 3.12. The molecule has 0 unspecified atom stereocenters. The number of H-pyrrole nitrogens is 1. The Morgan fingerprint density at radius 1 is 1.30 bits per heavy atom. The second-order valence-corrected chi connectivity index (χ2v) is 6.49. The summed E-state index contributed by atoms with van der Waals surface area (Å²) >= 11 is 6.11. The molecule has 0 aromatic carbocycles. The van der Waals surface area contributed by atoms with Crippen LogP contribution in [0.2, 0.25) is 5.02 Å². The zero-order chi connectivity index (χ0) is 16.0. The van der Waals surface area contributed by atoms with E-state index in [1.807, 2.05) is 6.07 Å². The first-order valence-electron chi connectivity index (χ1n) is 7.68. The molecule has 4 heterocycles. The highest BCUT2D eigenvalue weighted by molar-refractivity contribution is 6.31. The van der Waals surface area contributed by atoms with Gasteiger partial charge in [0.05, 0.1) is 22.1 Å². The van der Waals surface area contributed by atoms with Crippen molar-refractivity contribution in [1.82, 2.24) is 19.9 Å². The van der Waals surface area contributed by atoms with Gasteiger partial charge in [-0.25, -0.2) is 9.97 Å². The standard InChI is InChI=1S/C16H18ClN5O/c1-22-4-2-10(3-5-22)23-14-13-11-6-9(17)7-20-16(11)21-12(13)8-19-15(14)18/h6-8,10H,2-5H2,1H3,(H2,18,19)(H,20,21). The van der Waals surface area contributed by atoms with Crippen molar-refractivity contribution in [3.05, 3.63) is 23.5 Å². The number of anilines is 1. The van der Waals surface area contributed by atoms with Gasteiger partial charge in [0.15, 0.2) is 11.6 Å². The molecule has 0 saturated carbocycles. The van der Waals surface area contributed by atoms with Gasteiger partial charge in [-0.05, 0) is 26.0 Å². The first-order valence-corrected chi connectivity index (χ1v) is 8.06. The molecule has 1 fully saturated rings. The Morgan fingerprint density at radius 3 is 2.87 bits per heavy atom. The van der Waals surface area contributed by atoms with Crippen LogP contribution in [0.5, 0.6) is 5.75 Å². The van der Waals surface area contributed by atoms with Gasteiger partial charge in [-0.2, -0.15) is 0 Å². The van der Waals surface area contributed by atoms with Crippen LogP contribution in [0.3, 0.4) is 0 Å². The van der Waals surface area contributed by atoms with Gasteiger partial charge in [0, 0.05) is 24.7 Å². The zero-order valence-corrected chi connectivity index (χ0v) is 13.6. The summed E-state index contributed by atoms with van der Waals surface area (Å²) in [6, 6.07) is 1.88. The minimum Gasteiger partial charge on any atom is -0.486 e. The highest BCUT2D eigenvalue weighted by Crippen LogP contribution is 2.37. The van der Waals surface area contributed by atoms with E-state index in [1.54, 1.807) is 12.4 Å². The van der Waals surface area contributed by atoms with Crippen molar-refractivity contribution >= 4 is 39.4 Å². The molecule has 0 spiro atoms. The lowest BCUT2D eigenvalue weighted by Crippen LogP contribution is -2.35. The second kappa shape index (κ2) is 5.54. The molecule has 0 bridgehead atoms. The largest absolute Gasteiger partial charge is 0.486 e. The SMILES string of the molecule is CN1CCC(Oc2c(N)ncc3[nH]c4ncc(Cl)cc4c23)CC1. The molecule has 4 rings (SSSR count). The number of aromatic nitrogens is 3. The third-order valence-corrected chi connectivity index (χ3v) is 4.60. The van der Waals surface area contributed by atoms with Crippen LogP contribution in [0.25, 0.3) is 21.9 Å². The highest BCUT2D eigenvalue weighted by Gasteiger charge is 2.22. The van der Waals surface area contributed by atoms with Crippen LogP contribution in [0, 0.1) is 0 Å². The molecule has 0 aliphatic carbocycles. The van der Waals surface area contributed by atoms with E-state index in [9.17, 15) is 0 Å². The number of piperidine rings is 1. The number of nitrogens with one attached hydrogen (secondary N) is 1. The summed E-state index contributed by atoms with van der Waals surface area (Å²) in [6.45, 7) is 2.05. The molecule has 6 nitrogen and oxygen atoms in total. The van der Waals surface area contributed by atoms with Crippen molar-refractivity contribution in [3.8, 4) is 5.75 Å². The predicted molar refractivity (Wildman–Crippen MR) is 92.0 cm³/mol. The number of hydrogen-bond acceptors (Lipinski definition) is 5. The Hall–Kier alpha value is -2.05. The normalized spacial score (nSPS) is 17.1. The van der Waals surface area contributed by atoms with Gasteiger partial charge in [0.25, 0.3) is 0 Å². The third-order valence-electron chi connectivity index (χ3n) is 4.39. The summed E-state index contributed by atoms with van der Waals surface area (Å²) in [5.41, 5.74) is 7.71. The Bertz CT molecular complexity index is 870. The number of nitrogens with zero attached hydrogens (tertiary/aromatic N) is 3. The molecular formula is C16H18ClN5O. The van der Waals surface area contributed by atoms with E-state index in [-0.39, 0.29) is 6.10 Å². The third kappa shape index (κ3) is 2.58. The lowest BCUT2D eigenvalue weighted by molar-refractivity contribution is 0.116. The van der Waals surface area contributed by atoms with E-state index in [4.69, 9.17) is 22.1 Å². The lowest BCUT2D eigenvalue weighted by atomic mass is 10.1. The molecule has 0 amide bonds. The second-order valence-electron chi connectivity index (χ2n) is 6.06. The smallest absolute Gasteiger partial charge is 0.171 e. The summed E-state index contributed by atoms with van der Waals surface area (Å²) in [5.74, 6) is 1.03. The molecule has 120 valence electrons. The number of pyridine rings is 2. The van der Waals surface area contributed by atoms with E-state index in [0.29, 0.717) is 16.6 Å². The van der Waals surface area contributed by atoms with Crippen molar-refractivity contribution in [1.29, 1.82) is 0 Å². The van der Waals surface area contributed by atoms with Gasteiger partial charge in [0.1, 0.15) is 11.8 Å². The molecule has 23 heavy (non-hydrogen) atoms. The summed E-state index contributed by atoms with van der Waals surface area (Å²) in [7, 11) is 2.13. The number of aromatic amines is 1. The van der Waals surface area contributed by atoms with Crippen LogP contribution >= 0.6 is 11.6 Å². The minimum atomic E-state index is 0.151. The van der Waals surface area contributed by atoms with Crippen molar-refractivity contribution in [2.45, 2.75) is 18.9 Å². The number of rotatable bonds is 2. The maximum atomic E-state index is 6.25. The molecule has 1 aliphatic heterocycles. The fraction of sp³-hybridized carbons (Fsp3) is 0.375. The van der Waals surface area contributed by atoms with Gasteiger partial charge >= 0.3 is 0 Å². The number of nitrogens with two attached hydrogens (primary N) is 1. The van der Waals surface area contributed by atoms with Crippen molar-refractivity contribution < 1.29 is 4.74 Å². The highest BCUT2D eigenvalue weighted by atomic mass is 35.5. The van der Waals surface area contributed by atoms with E-state index < -0.39 is 0 Å². The topological polar surface area (TPSA) is 80.1 Å². The lowest BCUT2D eigenvalue weighted by Gasteiger charge is -2.29. The molecule has 3 aromatic heterocycles. The van der Waals surface area contributed by atoms with Crippen LogP contribution in [-0.4, -0.2) is 46.1 Å². The zero-order valence-electron chi connectivity index (χ0n) is 12.8. The first kappa shape index (κ1) is 14.5. The number of fused-ring (bicyclic) bond motifs is 3. The predicted octanol–water partition coefficient (Wildman–Crippen LogP) is 2.82. The summed E-state index contributed by atoms with van der Waals surface area (Å²) in [5, 5.41) is 2.39. The van der Waals surface area contributed by atoms with Crippen LogP contribution < -0.4 is 10.5 Å². The molecule has 3 aromatic rings. The Balaban J connectivity index is 1.82. The van der Waals surface area contributed by atoms with Crippen LogP contribution in [0.1, 0.15) is 12.8 Å². The van der Waals surface area contributed by atoms with Crippen LogP contribution in [0.4, 0.5) is 5.82 Å². The number of likely N-dealkylation sites (tertiary alicyclic amines) is 1. The Morgan fingerprint density at radius 2 is 2.09 bits per heavy atom. The number of nitrogen functional groups attached to an aromatic ring is 1. The Labute approximate surface area is 138 Å². The van der Waals surface area contributed by atoms with E-state index in [1.165, 1.54) is 0 Å². The molecule has 1 aliphatic rings. The number of ether oxygens (including phenoxy) is 1. The summed E-state index contributed by atoms with van der Waals surface area (Å²) in [4.78, 5) is 14.1. The first-order chi connectivity index (χ1) is 11.1. The van der Waals surface area contributed by atoms with Gasteiger partial charge in [-0.1, -0.05) is 11.6 Å². The average molecular weight is 332 g/mol.